The highest BCUT2D eigenvalue weighted by atomic mass is 32.2. The van der Waals surface area contributed by atoms with E-state index < -0.39 is 28.8 Å². The van der Waals surface area contributed by atoms with Gasteiger partial charge in [-0.2, -0.15) is 13.2 Å². The highest BCUT2D eigenvalue weighted by molar-refractivity contribution is 7.81. The Balaban J connectivity index is 1.96. The minimum absolute atomic E-state index is 0.0774. The maximum Gasteiger partial charge on any atom is 0.419 e. The number of hydrogen-bond donors (Lipinski definition) is 1. The first-order valence-corrected chi connectivity index (χ1v) is 8.86. The zero-order valence-corrected chi connectivity index (χ0v) is 14.1. The highest BCUT2D eigenvalue weighted by Gasteiger charge is 2.34. The lowest BCUT2D eigenvalue weighted by Crippen LogP contribution is -2.24. The van der Waals surface area contributed by atoms with Crippen molar-refractivity contribution in [3.8, 4) is 0 Å². The number of hydrogen-bond acceptors (Lipinski definition) is 2. The van der Waals surface area contributed by atoms with Crippen molar-refractivity contribution >= 4 is 37.7 Å². The summed E-state index contributed by atoms with van der Waals surface area (Å²) in [6, 6.07) is 11.5. The standard InChI is InChI=1S/C16H11F4NO2S2/c17-13-6-5-10(7-12(13)16(18,19)20)9-21(25(22)23)15-8-11-3-1-2-4-14(11)24-15/h1-8H,9H2,(H,22,23). The van der Waals surface area contributed by atoms with Gasteiger partial charge in [-0.05, 0) is 35.2 Å². The maximum atomic E-state index is 13.4. The summed E-state index contributed by atoms with van der Waals surface area (Å²) in [6.45, 7) is -0.265. The molecule has 2 aromatic carbocycles. The van der Waals surface area contributed by atoms with E-state index in [2.05, 4.69) is 0 Å². The molecule has 0 amide bonds. The molecule has 0 aliphatic carbocycles. The SMILES string of the molecule is O=S(O)N(Cc1ccc(F)c(C(F)(F)F)c1)c1cc2ccccc2s1. The summed E-state index contributed by atoms with van der Waals surface area (Å²) in [5.74, 6) is -1.38. The van der Waals surface area contributed by atoms with Gasteiger partial charge in [0, 0.05) is 4.70 Å². The van der Waals surface area contributed by atoms with Crippen LogP contribution in [0.2, 0.25) is 0 Å². The number of anilines is 1. The molecule has 25 heavy (non-hydrogen) atoms. The number of benzene rings is 2. The van der Waals surface area contributed by atoms with Gasteiger partial charge in [0.15, 0.2) is 0 Å². The summed E-state index contributed by atoms with van der Waals surface area (Å²) >= 11 is -1.20. The van der Waals surface area contributed by atoms with Crippen molar-refractivity contribution in [2.45, 2.75) is 12.7 Å². The Labute approximate surface area is 146 Å². The molecule has 1 heterocycles. The summed E-state index contributed by atoms with van der Waals surface area (Å²) < 4.78 is 75.0. The molecule has 0 radical (unpaired) electrons. The topological polar surface area (TPSA) is 40.5 Å². The minimum Gasteiger partial charge on any atom is -0.289 e. The van der Waals surface area contributed by atoms with Gasteiger partial charge in [0.05, 0.1) is 12.1 Å². The smallest absolute Gasteiger partial charge is 0.289 e. The van der Waals surface area contributed by atoms with E-state index in [1.165, 1.54) is 11.3 Å². The van der Waals surface area contributed by atoms with Gasteiger partial charge in [-0.25, -0.2) is 8.60 Å². The van der Waals surface area contributed by atoms with E-state index in [0.717, 1.165) is 20.5 Å². The van der Waals surface area contributed by atoms with Crippen molar-refractivity contribution < 1.29 is 26.3 Å². The van der Waals surface area contributed by atoms with Crippen LogP contribution in [-0.4, -0.2) is 8.76 Å². The third kappa shape index (κ3) is 3.83. The van der Waals surface area contributed by atoms with Crippen LogP contribution in [-0.2, 0) is 24.0 Å². The number of nitrogens with zero attached hydrogens (tertiary/aromatic N) is 1. The van der Waals surface area contributed by atoms with E-state index >= 15 is 0 Å². The van der Waals surface area contributed by atoms with Gasteiger partial charge >= 0.3 is 6.18 Å². The van der Waals surface area contributed by atoms with Crippen LogP contribution in [0.4, 0.5) is 22.6 Å². The average Bonchev–Trinajstić information content (AvgIpc) is 2.96. The lowest BCUT2D eigenvalue weighted by Gasteiger charge is -2.19. The van der Waals surface area contributed by atoms with Gasteiger partial charge in [-0.3, -0.25) is 8.86 Å². The lowest BCUT2D eigenvalue weighted by atomic mass is 10.1. The molecule has 1 N–H and O–H groups in total. The zero-order valence-electron chi connectivity index (χ0n) is 12.5. The second-order valence-electron chi connectivity index (χ2n) is 5.20. The van der Waals surface area contributed by atoms with Crippen LogP contribution in [0.3, 0.4) is 0 Å². The number of rotatable bonds is 4. The first-order chi connectivity index (χ1) is 11.8. The average molecular weight is 389 g/mol. The summed E-state index contributed by atoms with van der Waals surface area (Å²) in [7, 11) is 0. The Morgan fingerprint density at radius 1 is 1.12 bits per heavy atom. The van der Waals surface area contributed by atoms with Crippen molar-refractivity contribution in [3.63, 3.8) is 0 Å². The minimum atomic E-state index is -4.83. The molecule has 9 heteroatoms. The molecular formula is C16H11F4NO2S2. The fourth-order valence-electron chi connectivity index (χ4n) is 2.35. The van der Waals surface area contributed by atoms with Crippen molar-refractivity contribution in [2.75, 3.05) is 4.31 Å². The maximum absolute atomic E-state index is 13.4. The third-order valence-corrected chi connectivity index (χ3v) is 5.47. The fraction of sp³-hybridized carbons (Fsp3) is 0.125. The molecule has 1 unspecified atom stereocenters. The Bertz CT molecular complexity index is 906. The zero-order chi connectivity index (χ0) is 18.2. The molecule has 0 aliphatic heterocycles. The van der Waals surface area contributed by atoms with Crippen LogP contribution in [0.5, 0.6) is 0 Å². The van der Waals surface area contributed by atoms with Gasteiger partial charge in [0.1, 0.15) is 10.8 Å². The molecule has 0 bridgehead atoms. The molecule has 3 aromatic rings. The summed E-state index contributed by atoms with van der Waals surface area (Å²) in [6.07, 6.45) is -4.83. The van der Waals surface area contributed by atoms with Crippen LogP contribution in [0.25, 0.3) is 10.1 Å². The van der Waals surface area contributed by atoms with E-state index in [9.17, 15) is 26.3 Å². The molecule has 1 aromatic heterocycles. The van der Waals surface area contributed by atoms with Gasteiger partial charge < -0.3 is 0 Å². The predicted molar refractivity (Wildman–Crippen MR) is 90.2 cm³/mol. The molecular weight excluding hydrogens is 378 g/mol. The Kier molecular flexibility index (Phi) is 4.81. The summed E-state index contributed by atoms with van der Waals surface area (Å²) in [5.41, 5.74) is -1.32. The normalized spacial score (nSPS) is 13.2. The van der Waals surface area contributed by atoms with Crippen LogP contribution in [0.1, 0.15) is 11.1 Å². The number of fused-ring (bicyclic) bond motifs is 1. The lowest BCUT2D eigenvalue weighted by molar-refractivity contribution is -0.140. The molecule has 1 atom stereocenters. The molecule has 0 saturated carbocycles. The Morgan fingerprint density at radius 3 is 2.48 bits per heavy atom. The van der Waals surface area contributed by atoms with E-state index in [1.807, 2.05) is 24.3 Å². The Morgan fingerprint density at radius 2 is 1.84 bits per heavy atom. The molecule has 0 spiro atoms. The van der Waals surface area contributed by atoms with Gasteiger partial charge in [0.2, 0.25) is 0 Å². The van der Waals surface area contributed by atoms with E-state index in [4.69, 9.17) is 0 Å². The van der Waals surface area contributed by atoms with E-state index in [0.29, 0.717) is 17.1 Å². The van der Waals surface area contributed by atoms with Crippen LogP contribution in [0.15, 0.2) is 48.5 Å². The molecule has 3 nitrogen and oxygen atoms in total. The largest absolute Gasteiger partial charge is 0.419 e. The van der Waals surface area contributed by atoms with Crippen LogP contribution < -0.4 is 4.31 Å². The first-order valence-electron chi connectivity index (χ1n) is 6.98. The Hall–Kier alpha value is -1.97. The van der Waals surface area contributed by atoms with E-state index in [1.54, 1.807) is 6.07 Å². The number of halogens is 4. The first kappa shape index (κ1) is 17.8. The van der Waals surface area contributed by atoms with Crippen molar-refractivity contribution in [2.24, 2.45) is 0 Å². The van der Waals surface area contributed by atoms with Crippen LogP contribution in [0, 0.1) is 5.82 Å². The summed E-state index contributed by atoms with van der Waals surface area (Å²) in [4.78, 5) is 0. The van der Waals surface area contributed by atoms with Gasteiger partial charge in [0.25, 0.3) is 11.3 Å². The van der Waals surface area contributed by atoms with E-state index in [-0.39, 0.29) is 12.1 Å². The molecule has 0 saturated heterocycles. The highest BCUT2D eigenvalue weighted by Crippen LogP contribution is 2.35. The van der Waals surface area contributed by atoms with Crippen molar-refractivity contribution in [1.29, 1.82) is 0 Å². The second kappa shape index (κ2) is 6.74. The van der Waals surface area contributed by atoms with Crippen molar-refractivity contribution in [1.82, 2.24) is 0 Å². The monoisotopic (exact) mass is 389 g/mol. The number of alkyl halides is 3. The van der Waals surface area contributed by atoms with Gasteiger partial charge in [-0.15, -0.1) is 11.3 Å². The van der Waals surface area contributed by atoms with Gasteiger partial charge in [-0.1, -0.05) is 24.3 Å². The third-order valence-electron chi connectivity index (χ3n) is 3.51. The fourth-order valence-corrected chi connectivity index (χ4v) is 4.09. The molecule has 0 aliphatic rings. The quantitative estimate of drug-likeness (QED) is 0.492. The predicted octanol–water partition coefficient (Wildman–Crippen LogP) is 5.20. The second-order valence-corrected chi connectivity index (χ2v) is 7.17. The van der Waals surface area contributed by atoms with Crippen LogP contribution >= 0.6 is 11.3 Å². The summed E-state index contributed by atoms with van der Waals surface area (Å²) in [5, 5.41) is 1.29. The molecule has 0 fully saturated rings. The number of thiophene rings is 1. The molecule has 3 rings (SSSR count). The van der Waals surface area contributed by atoms with Crippen molar-refractivity contribution in [3.05, 3.63) is 65.5 Å². The molecule has 132 valence electrons.